The molecule has 18 heavy (non-hydrogen) atoms. The third-order valence-corrected chi connectivity index (χ3v) is 3.81. The fraction of sp³-hybridized carbons (Fsp3) is 0.727. The van der Waals surface area contributed by atoms with Gasteiger partial charge in [0.2, 0.25) is 5.13 Å². The van der Waals surface area contributed by atoms with Gasteiger partial charge in [0.1, 0.15) is 5.82 Å². The molecule has 0 bridgehead atoms. The summed E-state index contributed by atoms with van der Waals surface area (Å²) >= 11 is 1.19. The molecule has 1 saturated heterocycles. The third-order valence-electron chi connectivity index (χ3n) is 3.09. The highest BCUT2D eigenvalue weighted by atomic mass is 32.1. The highest BCUT2D eigenvalue weighted by Gasteiger charge is 2.26. The number of aliphatic hydroxyl groups excluding tert-OH is 1. The van der Waals surface area contributed by atoms with Crippen molar-refractivity contribution in [2.75, 3.05) is 18.5 Å². The average Bonchev–Trinajstić information content (AvgIpc) is 2.76. The van der Waals surface area contributed by atoms with Crippen LogP contribution < -0.4 is 5.32 Å². The molecule has 100 valence electrons. The highest BCUT2D eigenvalue weighted by Crippen LogP contribution is 2.21. The van der Waals surface area contributed by atoms with Crippen LogP contribution in [0.5, 0.6) is 0 Å². The number of hydrogen-bond acceptors (Lipinski definition) is 5. The van der Waals surface area contributed by atoms with Crippen LogP contribution in [0.2, 0.25) is 0 Å². The minimum Gasteiger partial charge on any atom is -0.396 e. The number of aliphatic hydroxyl groups is 1. The van der Waals surface area contributed by atoms with Crippen LogP contribution in [0.15, 0.2) is 0 Å². The Morgan fingerprint density at radius 2 is 2.44 bits per heavy atom. The van der Waals surface area contributed by atoms with E-state index < -0.39 is 0 Å². The van der Waals surface area contributed by atoms with E-state index in [-0.39, 0.29) is 18.7 Å². The molecule has 6 nitrogen and oxygen atoms in total. The number of aryl methyl sites for hydroxylation is 1. The first-order valence-corrected chi connectivity index (χ1v) is 6.97. The van der Waals surface area contributed by atoms with E-state index in [0.717, 1.165) is 25.8 Å². The zero-order chi connectivity index (χ0) is 13.0. The number of carbonyl (C=O) groups is 1. The van der Waals surface area contributed by atoms with Gasteiger partial charge in [-0.2, -0.15) is 4.37 Å². The van der Waals surface area contributed by atoms with Crippen molar-refractivity contribution in [3.63, 3.8) is 0 Å². The number of amides is 2. The van der Waals surface area contributed by atoms with Crippen molar-refractivity contribution in [1.29, 1.82) is 0 Å². The first-order valence-electron chi connectivity index (χ1n) is 6.19. The predicted molar refractivity (Wildman–Crippen MR) is 69.7 cm³/mol. The van der Waals surface area contributed by atoms with E-state index in [1.54, 1.807) is 11.8 Å². The third kappa shape index (κ3) is 3.17. The second-order valence-corrected chi connectivity index (χ2v) is 5.18. The van der Waals surface area contributed by atoms with Gasteiger partial charge in [0.15, 0.2) is 0 Å². The Kier molecular flexibility index (Phi) is 4.48. The van der Waals surface area contributed by atoms with E-state index in [1.165, 1.54) is 11.5 Å². The molecule has 2 rings (SSSR count). The second kappa shape index (κ2) is 6.10. The zero-order valence-corrected chi connectivity index (χ0v) is 11.2. The lowest BCUT2D eigenvalue weighted by molar-refractivity contribution is 0.141. The molecule has 0 saturated carbocycles. The Hall–Kier alpha value is -1.21. The summed E-state index contributed by atoms with van der Waals surface area (Å²) in [5.74, 6) is 0.667. The van der Waals surface area contributed by atoms with Crippen LogP contribution in [0.1, 0.15) is 31.5 Å². The standard InChI is InChI=1S/C11H18N4O2S/c1-8-12-10(18-14-8)13-11(17)15-6-3-2-4-9(15)5-7-16/h9,16H,2-7H2,1H3,(H,12,13,14,17). The Morgan fingerprint density at radius 3 is 3.11 bits per heavy atom. The summed E-state index contributed by atoms with van der Waals surface area (Å²) in [5.41, 5.74) is 0. The van der Waals surface area contributed by atoms with Crippen LogP contribution >= 0.6 is 11.5 Å². The molecule has 1 aliphatic rings. The normalized spacial score (nSPS) is 19.9. The molecular weight excluding hydrogens is 252 g/mol. The second-order valence-electron chi connectivity index (χ2n) is 4.43. The van der Waals surface area contributed by atoms with Crippen LogP contribution in [0.4, 0.5) is 9.93 Å². The van der Waals surface area contributed by atoms with Gasteiger partial charge in [-0.3, -0.25) is 5.32 Å². The number of anilines is 1. The smallest absolute Gasteiger partial charge is 0.323 e. The van der Waals surface area contributed by atoms with E-state index in [9.17, 15) is 4.79 Å². The van der Waals surface area contributed by atoms with E-state index in [1.807, 2.05) is 0 Å². The van der Waals surface area contributed by atoms with Gasteiger partial charge in [-0.05, 0) is 32.6 Å². The lowest BCUT2D eigenvalue weighted by atomic mass is 10.0. The predicted octanol–water partition coefficient (Wildman–Crippen LogP) is 1.62. The Balaban J connectivity index is 1.97. The molecule has 0 aromatic carbocycles. The van der Waals surface area contributed by atoms with Gasteiger partial charge in [0.05, 0.1) is 0 Å². The van der Waals surface area contributed by atoms with Crippen LogP contribution in [-0.4, -0.2) is 44.6 Å². The number of urea groups is 1. The minimum atomic E-state index is -0.135. The van der Waals surface area contributed by atoms with E-state index >= 15 is 0 Å². The molecule has 1 aromatic heterocycles. The molecule has 2 amide bonds. The fourth-order valence-corrected chi connectivity index (χ4v) is 2.79. The first-order chi connectivity index (χ1) is 8.70. The number of hydrogen-bond donors (Lipinski definition) is 2. The van der Waals surface area contributed by atoms with Gasteiger partial charge in [0, 0.05) is 30.7 Å². The van der Waals surface area contributed by atoms with Gasteiger partial charge >= 0.3 is 6.03 Å². The molecule has 2 N–H and O–H groups in total. The highest BCUT2D eigenvalue weighted by molar-refractivity contribution is 7.09. The maximum atomic E-state index is 12.1. The van der Waals surface area contributed by atoms with Crippen molar-refractivity contribution in [3.8, 4) is 0 Å². The number of aromatic nitrogens is 2. The van der Waals surface area contributed by atoms with Crippen molar-refractivity contribution in [1.82, 2.24) is 14.3 Å². The van der Waals surface area contributed by atoms with Gasteiger partial charge in [-0.25, -0.2) is 9.78 Å². The van der Waals surface area contributed by atoms with Gasteiger partial charge in [-0.1, -0.05) is 0 Å². The molecule has 1 aromatic rings. The Morgan fingerprint density at radius 1 is 1.61 bits per heavy atom. The topological polar surface area (TPSA) is 78.4 Å². The summed E-state index contributed by atoms with van der Waals surface area (Å²) in [7, 11) is 0. The lowest BCUT2D eigenvalue weighted by Gasteiger charge is -2.35. The van der Waals surface area contributed by atoms with Crippen LogP contribution in [-0.2, 0) is 0 Å². The number of piperidine rings is 1. The summed E-state index contributed by atoms with van der Waals surface area (Å²) in [6.45, 7) is 2.66. The summed E-state index contributed by atoms with van der Waals surface area (Å²) < 4.78 is 4.03. The van der Waals surface area contributed by atoms with Crippen molar-refractivity contribution in [2.24, 2.45) is 0 Å². The SMILES string of the molecule is Cc1nsc(NC(=O)N2CCCCC2CCO)n1. The van der Waals surface area contributed by atoms with Gasteiger partial charge in [-0.15, -0.1) is 0 Å². The first kappa shape index (κ1) is 13.2. The molecule has 1 fully saturated rings. The molecule has 1 aliphatic heterocycles. The largest absolute Gasteiger partial charge is 0.396 e. The monoisotopic (exact) mass is 270 g/mol. The molecule has 0 spiro atoms. The number of likely N-dealkylation sites (tertiary alicyclic amines) is 1. The molecule has 7 heteroatoms. The van der Waals surface area contributed by atoms with E-state index in [0.29, 0.717) is 17.4 Å². The van der Waals surface area contributed by atoms with E-state index in [4.69, 9.17) is 5.11 Å². The maximum absolute atomic E-state index is 12.1. The molecule has 2 heterocycles. The molecular formula is C11H18N4O2S. The van der Waals surface area contributed by atoms with Gasteiger partial charge < -0.3 is 10.0 Å². The average molecular weight is 270 g/mol. The van der Waals surface area contributed by atoms with Crippen molar-refractivity contribution >= 4 is 22.7 Å². The number of carbonyl (C=O) groups excluding carboxylic acids is 1. The maximum Gasteiger partial charge on any atom is 0.323 e. The lowest BCUT2D eigenvalue weighted by Crippen LogP contribution is -2.46. The van der Waals surface area contributed by atoms with Crippen molar-refractivity contribution in [2.45, 2.75) is 38.6 Å². The van der Waals surface area contributed by atoms with E-state index in [2.05, 4.69) is 14.7 Å². The fourth-order valence-electron chi connectivity index (χ4n) is 2.23. The minimum absolute atomic E-state index is 0.117. The van der Waals surface area contributed by atoms with Gasteiger partial charge in [0.25, 0.3) is 0 Å². The number of nitrogens with zero attached hydrogens (tertiary/aromatic N) is 3. The Bertz CT molecular complexity index is 408. The quantitative estimate of drug-likeness (QED) is 0.874. The van der Waals surface area contributed by atoms with Crippen LogP contribution in [0, 0.1) is 6.92 Å². The number of rotatable bonds is 3. The summed E-state index contributed by atoms with van der Waals surface area (Å²) in [4.78, 5) is 18.1. The van der Waals surface area contributed by atoms with Crippen molar-refractivity contribution in [3.05, 3.63) is 5.82 Å². The summed E-state index contributed by atoms with van der Waals surface area (Å²) in [5, 5.41) is 12.3. The molecule has 1 unspecified atom stereocenters. The Labute approximate surface area is 110 Å². The van der Waals surface area contributed by atoms with Crippen LogP contribution in [0.3, 0.4) is 0 Å². The van der Waals surface area contributed by atoms with Crippen LogP contribution in [0.25, 0.3) is 0 Å². The molecule has 0 aliphatic carbocycles. The molecule has 0 radical (unpaired) electrons. The zero-order valence-electron chi connectivity index (χ0n) is 10.4. The molecule has 1 atom stereocenters. The van der Waals surface area contributed by atoms with Crippen molar-refractivity contribution < 1.29 is 9.90 Å². The number of nitrogens with one attached hydrogen (secondary N) is 1. The summed E-state index contributed by atoms with van der Waals surface area (Å²) in [6.07, 6.45) is 3.74. The summed E-state index contributed by atoms with van der Waals surface area (Å²) in [6, 6.07) is 0.00192.